The van der Waals surface area contributed by atoms with Crippen molar-refractivity contribution < 1.29 is 9.47 Å². The van der Waals surface area contributed by atoms with E-state index < -0.39 is 0 Å². The number of fused-ring (bicyclic) bond motifs is 4. The van der Waals surface area contributed by atoms with Gasteiger partial charge in [-0.25, -0.2) is 15.0 Å². The Hall–Kier alpha value is -3.81. The molecule has 0 saturated heterocycles. The Kier molecular flexibility index (Phi) is 5.42. The third kappa shape index (κ3) is 4.37. The molecular weight excluding hydrogens is 368 g/mol. The largest absolute Gasteiger partial charge is 0.500 e. The van der Waals surface area contributed by atoms with E-state index in [1.165, 1.54) is 12.5 Å². The fraction of sp³-hybridized carbons (Fsp3) is 0.190. The standard InChI is InChI=1S/C21H20N6O2/c1-14-5-8-28-13-16(10-22)21-24-7-4-19(27-21)26-20-9-18(29-14)17(12-25-20)15-3-2-6-23-11-15/h2-4,6-7,9-14,22H,5,8H2,1H3,(H,24,25,26,27)/t14-/m0/s1. The Labute approximate surface area is 168 Å². The number of ether oxygens (including phenoxy) is 2. The van der Waals surface area contributed by atoms with Crippen LogP contribution in [0.1, 0.15) is 19.2 Å². The van der Waals surface area contributed by atoms with Gasteiger partial charge in [0.1, 0.15) is 17.4 Å². The van der Waals surface area contributed by atoms with Crippen LogP contribution in [0.3, 0.4) is 0 Å². The first-order chi connectivity index (χ1) is 14.2. The van der Waals surface area contributed by atoms with E-state index in [4.69, 9.17) is 14.9 Å². The van der Waals surface area contributed by atoms with Crippen LogP contribution in [0.15, 0.2) is 55.3 Å². The SMILES string of the molecule is C[C@H]1CCOC=C(C=N)c2nccc(n2)Nc2cc(c(-c3cccnc3)cn2)O1. The number of nitrogens with zero attached hydrogens (tertiary/aromatic N) is 4. The van der Waals surface area contributed by atoms with Gasteiger partial charge in [-0.15, -0.1) is 0 Å². The van der Waals surface area contributed by atoms with Gasteiger partial charge < -0.3 is 20.2 Å². The first-order valence-electron chi connectivity index (χ1n) is 9.23. The van der Waals surface area contributed by atoms with Crippen LogP contribution >= 0.6 is 0 Å². The van der Waals surface area contributed by atoms with E-state index in [9.17, 15) is 0 Å². The van der Waals surface area contributed by atoms with Gasteiger partial charge in [-0.1, -0.05) is 6.07 Å². The molecule has 146 valence electrons. The van der Waals surface area contributed by atoms with Gasteiger partial charge in [0, 0.05) is 54.6 Å². The number of pyridine rings is 2. The summed E-state index contributed by atoms with van der Waals surface area (Å²) in [6, 6.07) is 7.43. The van der Waals surface area contributed by atoms with Gasteiger partial charge in [0.25, 0.3) is 0 Å². The van der Waals surface area contributed by atoms with Gasteiger partial charge in [0.05, 0.1) is 24.5 Å². The third-order valence-electron chi connectivity index (χ3n) is 4.34. The van der Waals surface area contributed by atoms with Gasteiger partial charge in [-0.3, -0.25) is 4.98 Å². The van der Waals surface area contributed by atoms with Crippen molar-refractivity contribution >= 4 is 23.4 Å². The number of hydrogen-bond donors (Lipinski definition) is 2. The monoisotopic (exact) mass is 388 g/mol. The van der Waals surface area contributed by atoms with E-state index in [1.54, 1.807) is 30.9 Å². The van der Waals surface area contributed by atoms with Crippen molar-refractivity contribution in [1.82, 2.24) is 19.9 Å². The molecule has 0 amide bonds. The lowest BCUT2D eigenvalue weighted by atomic mass is 10.1. The normalized spacial score (nSPS) is 16.3. The Morgan fingerprint density at radius 3 is 2.93 bits per heavy atom. The Morgan fingerprint density at radius 2 is 2.10 bits per heavy atom. The highest BCUT2D eigenvalue weighted by molar-refractivity contribution is 6.06. The van der Waals surface area contributed by atoms with Gasteiger partial charge in [-0.05, 0) is 19.1 Å². The summed E-state index contributed by atoms with van der Waals surface area (Å²) in [7, 11) is 0. The van der Waals surface area contributed by atoms with Crippen LogP contribution in [0.25, 0.3) is 16.7 Å². The molecule has 1 aliphatic heterocycles. The Balaban J connectivity index is 1.76. The zero-order chi connectivity index (χ0) is 20.1. The summed E-state index contributed by atoms with van der Waals surface area (Å²) in [5.41, 5.74) is 2.27. The van der Waals surface area contributed by atoms with Crippen molar-refractivity contribution in [2.24, 2.45) is 0 Å². The molecule has 8 nitrogen and oxygen atoms in total. The van der Waals surface area contributed by atoms with E-state index in [-0.39, 0.29) is 6.10 Å². The summed E-state index contributed by atoms with van der Waals surface area (Å²) in [6.07, 6.45) is 10.1. The van der Waals surface area contributed by atoms with E-state index >= 15 is 0 Å². The molecule has 3 aromatic rings. The number of anilines is 2. The molecule has 0 spiro atoms. The second-order valence-corrected chi connectivity index (χ2v) is 6.50. The molecule has 1 atom stereocenters. The van der Waals surface area contributed by atoms with Crippen molar-refractivity contribution in [3.8, 4) is 16.9 Å². The fourth-order valence-electron chi connectivity index (χ4n) is 2.85. The van der Waals surface area contributed by atoms with Gasteiger partial charge in [0.2, 0.25) is 0 Å². The summed E-state index contributed by atoms with van der Waals surface area (Å²) in [5, 5.41) is 10.8. The van der Waals surface area contributed by atoms with E-state index in [0.29, 0.717) is 41.8 Å². The molecule has 0 unspecified atom stereocenters. The topological polar surface area (TPSA) is 106 Å². The molecule has 1 aliphatic rings. The predicted octanol–water partition coefficient (Wildman–Crippen LogP) is 3.86. The summed E-state index contributed by atoms with van der Waals surface area (Å²) >= 11 is 0. The second kappa shape index (κ2) is 8.47. The van der Waals surface area contributed by atoms with E-state index in [2.05, 4.69) is 25.3 Å². The molecule has 2 N–H and O–H groups in total. The molecule has 4 heterocycles. The molecule has 0 fully saturated rings. The van der Waals surface area contributed by atoms with Crippen LogP contribution in [0.5, 0.6) is 5.75 Å². The van der Waals surface area contributed by atoms with E-state index in [0.717, 1.165) is 11.1 Å². The maximum atomic E-state index is 7.61. The quantitative estimate of drug-likeness (QED) is 0.642. The number of rotatable bonds is 2. The summed E-state index contributed by atoms with van der Waals surface area (Å²) in [5.74, 6) is 2.25. The smallest absolute Gasteiger partial charge is 0.166 e. The molecule has 3 aromatic heterocycles. The molecule has 0 aliphatic carbocycles. The highest BCUT2D eigenvalue weighted by atomic mass is 16.5. The maximum absolute atomic E-state index is 7.61. The average Bonchev–Trinajstić information content (AvgIpc) is 2.74. The molecule has 0 aromatic carbocycles. The van der Waals surface area contributed by atoms with Crippen LogP contribution in [-0.4, -0.2) is 38.9 Å². The third-order valence-corrected chi connectivity index (χ3v) is 4.34. The van der Waals surface area contributed by atoms with Crippen LogP contribution < -0.4 is 10.1 Å². The minimum Gasteiger partial charge on any atom is -0.500 e. The Bertz CT molecular complexity index is 1040. The molecule has 29 heavy (non-hydrogen) atoms. The lowest BCUT2D eigenvalue weighted by molar-refractivity contribution is 0.158. The van der Waals surface area contributed by atoms with Crippen LogP contribution in [0.2, 0.25) is 0 Å². The molecule has 4 bridgehead atoms. The highest BCUT2D eigenvalue weighted by Gasteiger charge is 2.14. The number of allylic oxidation sites excluding steroid dienone is 1. The lowest BCUT2D eigenvalue weighted by Gasteiger charge is -2.19. The average molecular weight is 388 g/mol. The lowest BCUT2D eigenvalue weighted by Crippen LogP contribution is -2.15. The summed E-state index contributed by atoms with van der Waals surface area (Å²) in [6.45, 7) is 2.43. The zero-order valence-corrected chi connectivity index (χ0v) is 15.9. The van der Waals surface area contributed by atoms with Crippen LogP contribution in [-0.2, 0) is 4.74 Å². The molecule has 8 heteroatoms. The number of hydrogen-bond acceptors (Lipinski definition) is 8. The minimum atomic E-state index is -0.0884. The van der Waals surface area contributed by atoms with Gasteiger partial charge >= 0.3 is 0 Å². The predicted molar refractivity (Wildman–Crippen MR) is 110 cm³/mol. The van der Waals surface area contributed by atoms with Crippen molar-refractivity contribution in [3.05, 3.63) is 61.1 Å². The van der Waals surface area contributed by atoms with Crippen molar-refractivity contribution in [3.63, 3.8) is 0 Å². The first-order valence-corrected chi connectivity index (χ1v) is 9.23. The highest BCUT2D eigenvalue weighted by Crippen LogP contribution is 2.32. The zero-order valence-electron chi connectivity index (χ0n) is 15.9. The Morgan fingerprint density at radius 1 is 1.17 bits per heavy atom. The molecule has 4 rings (SSSR count). The van der Waals surface area contributed by atoms with Crippen molar-refractivity contribution in [1.29, 1.82) is 5.41 Å². The minimum absolute atomic E-state index is 0.0884. The molecule has 0 saturated carbocycles. The summed E-state index contributed by atoms with van der Waals surface area (Å²) in [4.78, 5) is 17.4. The van der Waals surface area contributed by atoms with Gasteiger partial charge in [-0.2, -0.15) is 0 Å². The number of nitrogens with one attached hydrogen (secondary N) is 2. The molecule has 0 radical (unpaired) electrons. The van der Waals surface area contributed by atoms with Gasteiger partial charge in [0.15, 0.2) is 5.82 Å². The van der Waals surface area contributed by atoms with Crippen LogP contribution in [0.4, 0.5) is 11.6 Å². The van der Waals surface area contributed by atoms with Crippen molar-refractivity contribution in [2.45, 2.75) is 19.4 Å². The second-order valence-electron chi connectivity index (χ2n) is 6.50. The fourth-order valence-corrected chi connectivity index (χ4v) is 2.85. The van der Waals surface area contributed by atoms with E-state index in [1.807, 2.05) is 25.1 Å². The maximum Gasteiger partial charge on any atom is 0.166 e. The van der Waals surface area contributed by atoms with Crippen LogP contribution in [0, 0.1) is 5.41 Å². The first kappa shape index (κ1) is 18.5. The summed E-state index contributed by atoms with van der Waals surface area (Å²) < 4.78 is 11.8. The molecular formula is C21H20N6O2. The van der Waals surface area contributed by atoms with Crippen molar-refractivity contribution in [2.75, 3.05) is 11.9 Å². The number of aromatic nitrogens is 4.